The van der Waals surface area contributed by atoms with E-state index in [1.807, 2.05) is 0 Å². The van der Waals surface area contributed by atoms with Gasteiger partial charge in [0.15, 0.2) is 0 Å². The van der Waals surface area contributed by atoms with Gasteiger partial charge in [0.25, 0.3) is 5.91 Å². The van der Waals surface area contributed by atoms with Crippen LogP contribution < -0.4 is 20.5 Å². The van der Waals surface area contributed by atoms with Gasteiger partial charge in [-0.15, -0.1) is 0 Å². The van der Waals surface area contributed by atoms with Crippen LogP contribution in [0.4, 0.5) is 0 Å². The first-order chi connectivity index (χ1) is 12.0. The van der Waals surface area contributed by atoms with Crippen molar-refractivity contribution in [3.05, 3.63) is 30.0 Å². The van der Waals surface area contributed by atoms with Crippen molar-refractivity contribution in [2.75, 3.05) is 20.8 Å². The highest BCUT2D eigenvalue weighted by Gasteiger charge is 2.48. The summed E-state index contributed by atoms with van der Waals surface area (Å²) >= 11 is 0. The van der Waals surface area contributed by atoms with Crippen molar-refractivity contribution in [1.29, 1.82) is 0 Å². The second-order valence-corrected chi connectivity index (χ2v) is 6.41. The standard InChI is InChI=1S/C12H12N2O3.C6H9NO/c1-16-10-6-8-7(5-9(10)11(13)15)3-4-14-12(8)17-2;8-5-3-6(1-2-6)4-7-5/h3-6H,1-2H3,(H2,13,15);1-4H2,(H,7,8). The van der Waals surface area contributed by atoms with Gasteiger partial charge in [-0.1, -0.05) is 0 Å². The lowest BCUT2D eigenvalue weighted by molar-refractivity contribution is -0.119. The van der Waals surface area contributed by atoms with E-state index in [0.717, 1.165) is 23.7 Å². The molecule has 1 aliphatic carbocycles. The number of aromatic nitrogens is 1. The van der Waals surface area contributed by atoms with Gasteiger partial charge in [-0.3, -0.25) is 9.59 Å². The SMILES string of the molecule is COc1cc2c(OC)nccc2cc1C(N)=O.O=C1CC2(CC2)CN1. The molecule has 1 aromatic carbocycles. The predicted octanol–water partition coefficient (Wildman–Crippen LogP) is 1.64. The van der Waals surface area contributed by atoms with Gasteiger partial charge in [-0.2, -0.15) is 0 Å². The van der Waals surface area contributed by atoms with Crippen molar-refractivity contribution in [2.24, 2.45) is 11.1 Å². The Balaban J connectivity index is 0.000000188. The third kappa shape index (κ3) is 3.50. The Labute approximate surface area is 145 Å². The Morgan fingerprint density at radius 3 is 2.52 bits per heavy atom. The van der Waals surface area contributed by atoms with E-state index in [1.54, 1.807) is 24.4 Å². The van der Waals surface area contributed by atoms with E-state index in [9.17, 15) is 9.59 Å². The lowest BCUT2D eigenvalue weighted by atomic mass is 10.1. The summed E-state index contributed by atoms with van der Waals surface area (Å²) in [5, 5.41) is 4.43. The first-order valence-electron chi connectivity index (χ1n) is 8.05. The lowest BCUT2D eigenvalue weighted by Gasteiger charge is -2.09. The number of nitrogens with zero attached hydrogens (tertiary/aromatic N) is 1. The first kappa shape index (κ1) is 17.0. The maximum Gasteiger partial charge on any atom is 0.252 e. The molecule has 1 spiro atoms. The van der Waals surface area contributed by atoms with E-state index in [4.69, 9.17) is 15.2 Å². The van der Waals surface area contributed by atoms with Crippen molar-refractivity contribution in [3.63, 3.8) is 0 Å². The van der Waals surface area contributed by atoms with Crippen molar-refractivity contribution < 1.29 is 19.1 Å². The van der Waals surface area contributed by atoms with Crippen LogP contribution in [-0.2, 0) is 4.79 Å². The first-order valence-corrected chi connectivity index (χ1v) is 8.05. The zero-order valence-electron chi connectivity index (χ0n) is 14.3. The fourth-order valence-corrected chi connectivity index (χ4v) is 2.98. The molecule has 0 unspecified atom stereocenters. The molecule has 2 amide bonds. The quantitative estimate of drug-likeness (QED) is 0.882. The second kappa shape index (κ2) is 6.58. The number of benzene rings is 1. The summed E-state index contributed by atoms with van der Waals surface area (Å²) in [4.78, 5) is 25.9. The third-order valence-electron chi connectivity index (χ3n) is 4.66. The van der Waals surface area contributed by atoms with Gasteiger partial charge >= 0.3 is 0 Å². The number of fused-ring (bicyclic) bond motifs is 1. The molecule has 2 aliphatic rings. The maximum atomic E-state index is 11.3. The number of methoxy groups -OCH3 is 2. The average molecular weight is 343 g/mol. The van der Waals surface area contributed by atoms with Gasteiger partial charge in [-0.05, 0) is 41.8 Å². The molecule has 0 bridgehead atoms. The van der Waals surface area contributed by atoms with Gasteiger partial charge in [0, 0.05) is 24.5 Å². The minimum atomic E-state index is -0.528. The van der Waals surface area contributed by atoms with Gasteiger partial charge in [0.05, 0.1) is 19.8 Å². The Morgan fingerprint density at radius 1 is 1.28 bits per heavy atom. The molecule has 2 fully saturated rings. The minimum absolute atomic E-state index is 0.252. The molecule has 3 N–H and O–H groups in total. The van der Waals surface area contributed by atoms with Crippen molar-refractivity contribution in [3.8, 4) is 11.6 Å². The topological polar surface area (TPSA) is 104 Å². The summed E-state index contributed by atoms with van der Waals surface area (Å²) in [5.74, 6) is 0.621. The molecular weight excluding hydrogens is 322 g/mol. The van der Waals surface area contributed by atoms with E-state index in [-0.39, 0.29) is 5.91 Å². The van der Waals surface area contributed by atoms with Crippen LogP contribution in [0, 0.1) is 5.41 Å². The molecule has 4 rings (SSSR count). The highest BCUT2D eigenvalue weighted by molar-refractivity contribution is 6.01. The number of nitrogens with two attached hydrogens (primary N) is 1. The van der Waals surface area contributed by atoms with Gasteiger partial charge in [0.2, 0.25) is 11.8 Å². The van der Waals surface area contributed by atoms with Crippen LogP contribution in [0.1, 0.15) is 29.6 Å². The average Bonchev–Trinajstić information content (AvgIpc) is 3.27. The van der Waals surface area contributed by atoms with Crippen LogP contribution in [0.15, 0.2) is 24.4 Å². The molecule has 1 aliphatic heterocycles. The van der Waals surface area contributed by atoms with Gasteiger partial charge in [-0.25, -0.2) is 4.98 Å². The Hall–Kier alpha value is -2.83. The van der Waals surface area contributed by atoms with Crippen LogP contribution >= 0.6 is 0 Å². The summed E-state index contributed by atoms with van der Waals surface area (Å²) in [7, 11) is 3.02. The summed E-state index contributed by atoms with van der Waals surface area (Å²) in [5.41, 5.74) is 6.08. The molecule has 7 heteroatoms. The van der Waals surface area contributed by atoms with E-state index in [0.29, 0.717) is 22.6 Å². The van der Waals surface area contributed by atoms with Crippen LogP contribution in [0.2, 0.25) is 0 Å². The van der Waals surface area contributed by atoms with Crippen LogP contribution in [0.3, 0.4) is 0 Å². The summed E-state index contributed by atoms with van der Waals surface area (Å²) in [6, 6.07) is 5.14. The third-order valence-corrected chi connectivity index (χ3v) is 4.66. The van der Waals surface area contributed by atoms with E-state index < -0.39 is 5.91 Å². The zero-order chi connectivity index (χ0) is 18.0. The molecule has 7 nitrogen and oxygen atoms in total. The number of hydrogen-bond acceptors (Lipinski definition) is 5. The Bertz CT molecular complexity index is 830. The smallest absolute Gasteiger partial charge is 0.252 e. The molecule has 0 radical (unpaired) electrons. The molecule has 25 heavy (non-hydrogen) atoms. The molecule has 132 valence electrons. The lowest BCUT2D eigenvalue weighted by Crippen LogP contribution is -2.13. The van der Waals surface area contributed by atoms with E-state index in [2.05, 4.69) is 10.3 Å². The van der Waals surface area contributed by atoms with Crippen molar-refractivity contribution in [1.82, 2.24) is 10.3 Å². The monoisotopic (exact) mass is 343 g/mol. The molecule has 1 aromatic heterocycles. The molecule has 1 saturated heterocycles. The van der Waals surface area contributed by atoms with Crippen LogP contribution in [0.5, 0.6) is 11.6 Å². The van der Waals surface area contributed by atoms with E-state index >= 15 is 0 Å². The fraction of sp³-hybridized carbons (Fsp3) is 0.389. The molecule has 1 saturated carbocycles. The summed E-state index contributed by atoms with van der Waals surface area (Å²) in [6.45, 7) is 0.950. The highest BCUT2D eigenvalue weighted by Crippen LogP contribution is 2.50. The summed E-state index contributed by atoms with van der Waals surface area (Å²) in [6.07, 6.45) is 4.95. The molecule has 2 aromatic rings. The predicted molar refractivity (Wildman–Crippen MR) is 92.7 cm³/mol. The number of pyridine rings is 1. The molecular formula is C18H21N3O4. The van der Waals surface area contributed by atoms with E-state index in [1.165, 1.54) is 27.1 Å². The number of nitrogens with one attached hydrogen (secondary N) is 1. The number of hydrogen-bond donors (Lipinski definition) is 2. The fourth-order valence-electron chi connectivity index (χ4n) is 2.98. The number of carbonyl (C=O) groups excluding carboxylic acids is 2. The largest absolute Gasteiger partial charge is 0.496 e. The van der Waals surface area contributed by atoms with Crippen molar-refractivity contribution >= 4 is 22.6 Å². The number of ether oxygens (including phenoxy) is 2. The minimum Gasteiger partial charge on any atom is -0.496 e. The number of carbonyl (C=O) groups is 2. The van der Waals surface area contributed by atoms with Gasteiger partial charge in [0.1, 0.15) is 5.75 Å². The number of amides is 2. The normalized spacial score (nSPS) is 16.8. The number of primary amides is 1. The van der Waals surface area contributed by atoms with Crippen molar-refractivity contribution in [2.45, 2.75) is 19.3 Å². The van der Waals surface area contributed by atoms with Crippen LogP contribution in [-0.4, -0.2) is 37.6 Å². The molecule has 2 heterocycles. The molecule has 0 atom stereocenters. The second-order valence-electron chi connectivity index (χ2n) is 6.41. The highest BCUT2D eigenvalue weighted by atomic mass is 16.5. The Kier molecular flexibility index (Phi) is 4.48. The van der Waals surface area contributed by atoms with Crippen LogP contribution in [0.25, 0.3) is 10.8 Å². The number of rotatable bonds is 3. The Morgan fingerprint density at radius 2 is 2.04 bits per heavy atom. The zero-order valence-corrected chi connectivity index (χ0v) is 14.3. The van der Waals surface area contributed by atoms with Gasteiger partial charge < -0.3 is 20.5 Å². The summed E-state index contributed by atoms with van der Waals surface area (Å²) < 4.78 is 10.3. The maximum absolute atomic E-state index is 11.3.